The molecule has 122 valence electrons. The Hall–Kier alpha value is -2.35. The topological polar surface area (TPSA) is 93.1 Å². The molecular formula is C15H18N4O3S. The Morgan fingerprint density at radius 3 is 2.70 bits per heavy atom. The van der Waals surface area contributed by atoms with Crippen LogP contribution in [-0.4, -0.2) is 41.8 Å². The number of aromatic nitrogens is 2. The van der Waals surface area contributed by atoms with Crippen LogP contribution >= 0.6 is 0 Å². The van der Waals surface area contributed by atoms with Crippen molar-refractivity contribution in [1.82, 2.24) is 20.4 Å². The van der Waals surface area contributed by atoms with Crippen molar-refractivity contribution < 1.29 is 13.2 Å². The fraction of sp³-hybridized carbons (Fsp3) is 0.333. The Balaban J connectivity index is 1.49. The number of nitrogens with zero attached hydrogens (tertiary/aromatic N) is 2. The van der Waals surface area contributed by atoms with Crippen LogP contribution in [0.3, 0.4) is 0 Å². The van der Waals surface area contributed by atoms with E-state index in [4.69, 9.17) is 0 Å². The van der Waals surface area contributed by atoms with Crippen molar-refractivity contribution in [3.63, 3.8) is 0 Å². The molecule has 1 fully saturated rings. The third kappa shape index (κ3) is 4.10. The first-order valence-corrected chi connectivity index (χ1v) is 9.18. The molecule has 2 N–H and O–H groups in total. The van der Waals surface area contributed by atoms with Gasteiger partial charge in [0.1, 0.15) is 0 Å². The number of carbonyl (C=O) groups excluding carboxylic acids is 1. The highest BCUT2D eigenvalue weighted by Crippen LogP contribution is 2.11. The molecule has 0 spiro atoms. The van der Waals surface area contributed by atoms with E-state index in [-0.39, 0.29) is 23.6 Å². The number of nitrogens with one attached hydrogen (secondary N) is 2. The van der Waals surface area contributed by atoms with E-state index in [1.54, 1.807) is 10.9 Å². The molecule has 1 atom stereocenters. The van der Waals surface area contributed by atoms with Gasteiger partial charge in [-0.25, -0.2) is 17.9 Å². The quantitative estimate of drug-likeness (QED) is 0.867. The minimum absolute atomic E-state index is 0.0268. The summed E-state index contributed by atoms with van der Waals surface area (Å²) in [6.45, 7) is 0.380. The third-order valence-corrected chi connectivity index (χ3v) is 5.49. The van der Waals surface area contributed by atoms with Gasteiger partial charge in [-0.05, 0) is 30.2 Å². The summed E-state index contributed by atoms with van der Waals surface area (Å²) in [4.78, 5) is 11.8. The zero-order valence-electron chi connectivity index (χ0n) is 12.5. The molecule has 2 aromatic rings. The van der Waals surface area contributed by atoms with E-state index in [9.17, 15) is 13.2 Å². The lowest BCUT2D eigenvalue weighted by molar-refractivity contribution is 0.237. The minimum Gasteiger partial charge on any atom is -0.334 e. The van der Waals surface area contributed by atoms with Crippen LogP contribution in [0.4, 0.5) is 4.79 Å². The maximum absolute atomic E-state index is 11.8. The fourth-order valence-electron chi connectivity index (χ4n) is 2.52. The van der Waals surface area contributed by atoms with Gasteiger partial charge >= 0.3 is 6.03 Å². The number of hydrogen-bond acceptors (Lipinski definition) is 4. The first-order chi connectivity index (χ1) is 11.0. The predicted octanol–water partition coefficient (Wildman–Crippen LogP) is 0.859. The zero-order valence-corrected chi connectivity index (χ0v) is 13.3. The Morgan fingerprint density at radius 1 is 1.30 bits per heavy atom. The van der Waals surface area contributed by atoms with Gasteiger partial charge < -0.3 is 10.6 Å². The predicted molar refractivity (Wildman–Crippen MR) is 86.0 cm³/mol. The highest BCUT2D eigenvalue weighted by molar-refractivity contribution is 7.91. The highest BCUT2D eigenvalue weighted by Gasteiger charge is 2.28. The molecule has 1 aliphatic rings. The lowest BCUT2D eigenvalue weighted by atomic mass is 10.2. The summed E-state index contributed by atoms with van der Waals surface area (Å²) in [7, 11) is -2.99. The molecule has 0 radical (unpaired) electrons. The van der Waals surface area contributed by atoms with E-state index in [1.165, 1.54) is 0 Å². The van der Waals surface area contributed by atoms with Crippen molar-refractivity contribution in [2.75, 3.05) is 11.5 Å². The summed E-state index contributed by atoms with van der Waals surface area (Å²) in [6.07, 6.45) is 4.05. The van der Waals surface area contributed by atoms with Crippen molar-refractivity contribution in [1.29, 1.82) is 0 Å². The van der Waals surface area contributed by atoms with Gasteiger partial charge in [-0.15, -0.1) is 0 Å². The second-order valence-corrected chi connectivity index (χ2v) is 7.77. The molecule has 1 aromatic carbocycles. The molecule has 2 amide bonds. The average molecular weight is 334 g/mol. The van der Waals surface area contributed by atoms with Crippen LogP contribution in [0.15, 0.2) is 42.7 Å². The number of urea groups is 1. The van der Waals surface area contributed by atoms with Crippen LogP contribution in [0, 0.1) is 0 Å². The number of carbonyl (C=O) groups is 1. The van der Waals surface area contributed by atoms with Gasteiger partial charge in [-0.2, -0.15) is 5.10 Å². The monoisotopic (exact) mass is 334 g/mol. The molecule has 2 heterocycles. The second kappa shape index (κ2) is 6.41. The maximum Gasteiger partial charge on any atom is 0.315 e. The molecular weight excluding hydrogens is 316 g/mol. The molecule has 1 aliphatic heterocycles. The number of sulfone groups is 1. The largest absolute Gasteiger partial charge is 0.334 e. The molecule has 1 saturated heterocycles. The van der Waals surface area contributed by atoms with E-state index in [0.29, 0.717) is 13.0 Å². The summed E-state index contributed by atoms with van der Waals surface area (Å²) < 4.78 is 24.5. The Labute approximate surface area is 134 Å². The van der Waals surface area contributed by atoms with Crippen molar-refractivity contribution in [3.8, 4) is 5.69 Å². The number of hydrogen-bond donors (Lipinski definition) is 2. The summed E-state index contributed by atoms with van der Waals surface area (Å²) in [5, 5.41) is 9.58. The van der Waals surface area contributed by atoms with Crippen molar-refractivity contribution in [3.05, 3.63) is 48.3 Å². The molecule has 7 nitrogen and oxygen atoms in total. The van der Waals surface area contributed by atoms with Crippen molar-refractivity contribution in [2.45, 2.75) is 19.0 Å². The van der Waals surface area contributed by atoms with Crippen LogP contribution in [0.5, 0.6) is 0 Å². The third-order valence-electron chi connectivity index (χ3n) is 3.73. The highest BCUT2D eigenvalue weighted by atomic mass is 32.2. The molecule has 0 aliphatic carbocycles. The second-order valence-electron chi connectivity index (χ2n) is 5.54. The van der Waals surface area contributed by atoms with Gasteiger partial charge in [0.2, 0.25) is 0 Å². The average Bonchev–Trinajstić information content (AvgIpc) is 3.15. The molecule has 1 aromatic heterocycles. The van der Waals surface area contributed by atoms with Crippen LogP contribution in [0.2, 0.25) is 0 Å². The first kappa shape index (κ1) is 15.5. The van der Waals surface area contributed by atoms with Crippen LogP contribution in [-0.2, 0) is 16.4 Å². The molecule has 8 heteroatoms. The van der Waals surface area contributed by atoms with Crippen molar-refractivity contribution in [2.24, 2.45) is 0 Å². The number of amides is 2. The van der Waals surface area contributed by atoms with Gasteiger partial charge in [-0.1, -0.05) is 12.1 Å². The summed E-state index contributed by atoms with van der Waals surface area (Å²) in [5.74, 6) is 0.172. The van der Waals surface area contributed by atoms with Gasteiger partial charge in [0.25, 0.3) is 0 Å². The van der Waals surface area contributed by atoms with Crippen molar-refractivity contribution >= 4 is 15.9 Å². The van der Waals surface area contributed by atoms with E-state index in [1.807, 2.05) is 36.5 Å². The van der Waals surface area contributed by atoms with Crippen LogP contribution in [0.1, 0.15) is 12.0 Å². The van der Waals surface area contributed by atoms with Crippen LogP contribution in [0.25, 0.3) is 5.69 Å². The normalized spacial score (nSPS) is 19.4. The SMILES string of the molecule is O=C(NCc1ccc(-n2cccn2)cc1)N[C@H]1CCS(=O)(=O)C1. The zero-order chi connectivity index (χ0) is 16.3. The first-order valence-electron chi connectivity index (χ1n) is 7.36. The fourth-order valence-corrected chi connectivity index (χ4v) is 4.19. The Kier molecular flexibility index (Phi) is 4.33. The molecule has 23 heavy (non-hydrogen) atoms. The van der Waals surface area contributed by atoms with Gasteiger partial charge in [0.05, 0.1) is 17.2 Å². The van der Waals surface area contributed by atoms with E-state index in [0.717, 1.165) is 11.3 Å². The molecule has 0 bridgehead atoms. The van der Waals surface area contributed by atoms with E-state index >= 15 is 0 Å². The molecule has 0 unspecified atom stereocenters. The maximum atomic E-state index is 11.8. The standard InChI is InChI=1S/C15H18N4O3S/c20-15(18-13-6-9-23(21,22)11-13)16-10-12-2-4-14(5-3-12)19-8-1-7-17-19/h1-5,7-8,13H,6,9-11H2,(H2,16,18,20)/t13-/m0/s1. The van der Waals surface area contributed by atoms with E-state index < -0.39 is 9.84 Å². The molecule has 0 saturated carbocycles. The van der Waals surface area contributed by atoms with Crippen LogP contribution < -0.4 is 10.6 Å². The lowest BCUT2D eigenvalue weighted by Crippen LogP contribution is -2.42. The van der Waals surface area contributed by atoms with Gasteiger partial charge in [0.15, 0.2) is 9.84 Å². The lowest BCUT2D eigenvalue weighted by Gasteiger charge is -2.12. The smallest absolute Gasteiger partial charge is 0.315 e. The number of rotatable bonds is 4. The van der Waals surface area contributed by atoms with Gasteiger partial charge in [-0.3, -0.25) is 0 Å². The summed E-state index contributed by atoms with van der Waals surface area (Å²) in [5.41, 5.74) is 1.90. The molecule has 3 rings (SSSR count). The summed E-state index contributed by atoms with van der Waals surface area (Å²) in [6, 6.07) is 8.89. The van der Waals surface area contributed by atoms with Gasteiger partial charge in [0, 0.05) is 25.0 Å². The van der Waals surface area contributed by atoms with E-state index in [2.05, 4.69) is 15.7 Å². The number of benzene rings is 1. The Bertz CT molecular complexity index is 770. The minimum atomic E-state index is -2.99. The summed E-state index contributed by atoms with van der Waals surface area (Å²) >= 11 is 0. The Morgan fingerprint density at radius 2 is 2.09 bits per heavy atom.